The largest absolute Gasteiger partial charge is 0.327 e. The van der Waals surface area contributed by atoms with Gasteiger partial charge in [-0.05, 0) is 61.1 Å². The van der Waals surface area contributed by atoms with E-state index in [0.717, 1.165) is 28.3 Å². The second kappa shape index (κ2) is 6.78. The highest BCUT2D eigenvalue weighted by atomic mass is 79.9. The highest BCUT2D eigenvalue weighted by Gasteiger charge is 2.34. The standard InChI is InChI=1S/C18H25BrFN/c19-17-11-16(20)8-7-14(17)10-18(21)15-6-5-12-3-1-2-4-13(12)9-15/h7-8,11-13,15,18H,1-6,9-10,21H2. The maximum atomic E-state index is 13.2. The molecule has 0 aromatic heterocycles. The van der Waals surface area contributed by atoms with Gasteiger partial charge in [0.1, 0.15) is 5.82 Å². The van der Waals surface area contributed by atoms with E-state index in [-0.39, 0.29) is 11.9 Å². The molecule has 2 aliphatic carbocycles. The summed E-state index contributed by atoms with van der Waals surface area (Å²) < 4.78 is 14.0. The fourth-order valence-corrected chi connectivity index (χ4v) is 4.92. The summed E-state index contributed by atoms with van der Waals surface area (Å²) in [5.74, 6) is 2.34. The molecule has 3 heteroatoms. The zero-order valence-electron chi connectivity index (χ0n) is 12.5. The number of nitrogens with two attached hydrogens (primary N) is 1. The van der Waals surface area contributed by atoms with E-state index < -0.39 is 0 Å². The lowest BCUT2D eigenvalue weighted by Gasteiger charge is -2.41. The number of hydrogen-bond donors (Lipinski definition) is 1. The van der Waals surface area contributed by atoms with E-state index in [0.29, 0.717) is 5.92 Å². The first kappa shape index (κ1) is 15.5. The summed E-state index contributed by atoms with van der Waals surface area (Å²) in [6.45, 7) is 0. The van der Waals surface area contributed by atoms with Gasteiger partial charge in [0.15, 0.2) is 0 Å². The normalized spacial score (nSPS) is 30.7. The van der Waals surface area contributed by atoms with Crippen LogP contribution in [0.3, 0.4) is 0 Å². The molecule has 4 unspecified atom stereocenters. The lowest BCUT2D eigenvalue weighted by Crippen LogP contribution is -2.38. The third kappa shape index (κ3) is 3.68. The van der Waals surface area contributed by atoms with Crippen LogP contribution in [0.25, 0.3) is 0 Å². The van der Waals surface area contributed by atoms with Gasteiger partial charge in [0.2, 0.25) is 0 Å². The molecule has 0 spiro atoms. The van der Waals surface area contributed by atoms with E-state index in [2.05, 4.69) is 15.9 Å². The lowest BCUT2D eigenvalue weighted by atomic mass is 9.66. The molecule has 0 radical (unpaired) electrons. The minimum absolute atomic E-state index is 0.193. The van der Waals surface area contributed by atoms with Gasteiger partial charge in [-0.1, -0.05) is 47.7 Å². The van der Waals surface area contributed by atoms with Gasteiger partial charge in [0.25, 0.3) is 0 Å². The maximum absolute atomic E-state index is 13.2. The average Bonchev–Trinajstić information content (AvgIpc) is 2.49. The third-order valence-electron chi connectivity index (χ3n) is 5.66. The van der Waals surface area contributed by atoms with Crippen LogP contribution in [0.1, 0.15) is 50.5 Å². The van der Waals surface area contributed by atoms with Gasteiger partial charge < -0.3 is 5.73 Å². The number of fused-ring (bicyclic) bond motifs is 1. The smallest absolute Gasteiger partial charge is 0.124 e. The van der Waals surface area contributed by atoms with Gasteiger partial charge in [0.05, 0.1) is 0 Å². The van der Waals surface area contributed by atoms with Crippen molar-refractivity contribution in [2.24, 2.45) is 23.5 Å². The molecule has 2 saturated carbocycles. The van der Waals surface area contributed by atoms with Crippen LogP contribution in [-0.4, -0.2) is 6.04 Å². The monoisotopic (exact) mass is 353 g/mol. The molecule has 1 nitrogen and oxygen atoms in total. The topological polar surface area (TPSA) is 26.0 Å². The van der Waals surface area contributed by atoms with Crippen LogP contribution in [0.15, 0.2) is 22.7 Å². The number of benzene rings is 1. The fraction of sp³-hybridized carbons (Fsp3) is 0.667. The molecule has 0 aliphatic heterocycles. The second-order valence-corrected chi connectivity index (χ2v) is 7.84. The van der Waals surface area contributed by atoms with E-state index in [1.807, 2.05) is 6.07 Å². The van der Waals surface area contributed by atoms with Crippen molar-refractivity contribution in [3.05, 3.63) is 34.1 Å². The molecule has 0 heterocycles. The van der Waals surface area contributed by atoms with Crippen molar-refractivity contribution in [3.63, 3.8) is 0 Å². The van der Waals surface area contributed by atoms with Crippen LogP contribution in [0.2, 0.25) is 0 Å². The van der Waals surface area contributed by atoms with Crippen LogP contribution in [-0.2, 0) is 6.42 Å². The number of rotatable bonds is 3. The zero-order chi connectivity index (χ0) is 14.8. The van der Waals surface area contributed by atoms with Crippen molar-refractivity contribution in [1.82, 2.24) is 0 Å². The minimum Gasteiger partial charge on any atom is -0.327 e. The Kier molecular flexibility index (Phi) is 5.00. The van der Waals surface area contributed by atoms with Gasteiger partial charge in [0, 0.05) is 10.5 Å². The SMILES string of the molecule is NC(Cc1ccc(F)cc1Br)C1CCC2CCCCC2C1. The van der Waals surface area contributed by atoms with Crippen LogP contribution in [0, 0.1) is 23.6 Å². The Morgan fingerprint density at radius 3 is 2.67 bits per heavy atom. The summed E-state index contributed by atoms with van der Waals surface area (Å²) in [7, 11) is 0. The lowest BCUT2D eigenvalue weighted by molar-refractivity contribution is 0.117. The van der Waals surface area contributed by atoms with Crippen molar-refractivity contribution in [2.45, 2.75) is 57.4 Å². The Balaban J connectivity index is 1.61. The summed E-state index contributed by atoms with van der Waals surface area (Å²) in [6.07, 6.45) is 10.5. The van der Waals surface area contributed by atoms with Gasteiger partial charge in [-0.25, -0.2) is 4.39 Å². The Hall–Kier alpha value is -0.410. The Bertz CT molecular complexity index is 490. The van der Waals surface area contributed by atoms with Gasteiger partial charge in [-0.15, -0.1) is 0 Å². The molecule has 0 bridgehead atoms. The molecule has 1 aromatic carbocycles. The minimum atomic E-state index is -0.193. The molecule has 116 valence electrons. The molecule has 0 amide bonds. The number of hydrogen-bond acceptors (Lipinski definition) is 1. The summed E-state index contributed by atoms with van der Waals surface area (Å²) in [5.41, 5.74) is 7.63. The van der Waals surface area contributed by atoms with Crippen molar-refractivity contribution in [3.8, 4) is 0 Å². The van der Waals surface area contributed by atoms with Gasteiger partial charge in [-0.2, -0.15) is 0 Å². The van der Waals surface area contributed by atoms with E-state index in [9.17, 15) is 4.39 Å². The van der Waals surface area contributed by atoms with Crippen LogP contribution < -0.4 is 5.73 Å². The van der Waals surface area contributed by atoms with Crippen LogP contribution >= 0.6 is 15.9 Å². The van der Waals surface area contributed by atoms with E-state index in [4.69, 9.17) is 5.73 Å². The number of halogens is 2. The molecular formula is C18H25BrFN. The average molecular weight is 354 g/mol. The Morgan fingerprint density at radius 1 is 1.14 bits per heavy atom. The third-order valence-corrected chi connectivity index (χ3v) is 6.39. The molecule has 2 fully saturated rings. The molecule has 3 rings (SSSR count). The first-order valence-corrected chi connectivity index (χ1v) is 9.12. The second-order valence-electron chi connectivity index (χ2n) is 6.98. The highest BCUT2D eigenvalue weighted by Crippen LogP contribution is 2.43. The molecule has 2 N–H and O–H groups in total. The molecular weight excluding hydrogens is 329 g/mol. The van der Waals surface area contributed by atoms with E-state index in [1.165, 1.54) is 51.0 Å². The van der Waals surface area contributed by atoms with Crippen molar-refractivity contribution in [2.75, 3.05) is 0 Å². The predicted octanol–water partition coefficient (Wildman–Crippen LogP) is 5.06. The Morgan fingerprint density at radius 2 is 1.90 bits per heavy atom. The van der Waals surface area contributed by atoms with E-state index >= 15 is 0 Å². The summed E-state index contributed by atoms with van der Waals surface area (Å²) in [4.78, 5) is 0. The Labute approximate surface area is 135 Å². The van der Waals surface area contributed by atoms with Gasteiger partial charge in [-0.3, -0.25) is 0 Å². The summed E-state index contributed by atoms with van der Waals surface area (Å²) in [5, 5.41) is 0. The molecule has 2 aliphatic rings. The van der Waals surface area contributed by atoms with Crippen molar-refractivity contribution in [1.29, 1.82) is 0 Å². The maximum Gasteiger partial charge on any atom is 0.124 e. The molecule has 4 atom stereocenters. The fourth-order valence-electron chi connectivity index (χ4n) is 4.41. The molecule has 1 aromatic rings. The van der Waals surface area contributed by atoms with Crippen molar-refractivity contribution >= 4 is 15.9 Å². The van der Waals surface area contributed by atoms with Crippen molar-refractivity contribution < 1.29 is 4.39 Å². The molecule has 21 heavy (non-hydrogen) atoms. The first-order valence-electron chi connectivity index (χ1n) is 8.33. The zero-order valence-corrected chi connectivity index (χ0v) is 14.1. The highest BCUT2D eigenvalue weighted by molar-refractivity contribution is 9.10. The first-order chi connectivity index (χ1) is 10.1. The van der Waals surface area contributed by atoms with Crippen LogP contribution in [0.4, 0.5) is 4.39 Å². The van der Waals surface area contributed by atoms with Crippen LogP contribution in [0.5, 0.6) is 0 Å². The quantitative estimate of drug-likeness (QED) is 0.806. The van der Waals surface area contributed by atoms with Gasteiger partial charge >= 0.3 is 0 Å². The predicted molar refractivity (Wildman–Crippen MR) is 88.6 cm³/mol. The summed E-state index contributed by atoms with van der Waals surface area (Å²) in [6, 6.07) is 5.14. The summed E-state index contributed by atoms with van der Waals surface area (Å²) >= 11 is 3.46. The molecule has 0 saturated heterocycles. The van der Waals surface area contributed by atoms with E-state index in [1.54, 1.807) is 6.07 Å².